The Morgan fingerprint density at radius 1 is 1.05 bits per heavy atom. The van der Waals surface area contributed by atoms with E-state index in [0.717, 1.165) is 0 Å². The number of rotatable bonds is 5. The average Bonchev–Trinajstić information content (AvgIpc) is 2.41. The van der Waals surface area contributed by atoms with Crippen molar-refractivity contribution in [2.24, 2.45) is 0 Å². The van der Waals surface area contributed by atoms with E-state index in [4.69, 9.17) is 0 Å². The highest BCUT2D eigenvalue weighted by Gasteiger charge is 2.13. The smallest absolute Gasteiger partial charge is 0.387 e. The maximum absolute atomic E-state index is 13.5. The van der Waals surface area contributed by atoms with Gasteiger partial charge in [0, 0.05) is 6.42 Å². The van der Waals surface area contributed by atoms with Crippen LogP contribution in [-0.2, 0) is 6.42 Å². The number of benzene rings is 2. The quantitative estimate of drug-likeness (QED) is 0.906. The molecule has 0 aromatic heterocycles. The van der Waals surface area contributed by atoms with Crippen LogP contribution in [0.5, 0.6) is 5.75 Å². The van der Waals surface area contributed by atoms with Gasteiger partial charge in [-0.15, -0.1) is 0 Å². The first-order valence-electron chi connectivity index (χ1n) is 6.02. The molecule has 2 aromatic carbocycles. The summed E-state index contributed by atoms with van der Waals surface area (Å²) < 4.78 is 42.0. The Kier molecular flexibility index (Phi) is 4.63. The van der Waals surface area contributed by atoms with Gasteiger partial charge in [-0.25, -0.2) is 4.39 Å². The molecule has 0 saturated heterocycles. The number of alkyl halides is 2. The summed E-state index contributed by atoms with van der Waals surface area (Å²) in [6.45, 7) is -2.92. The highest BCUT2D eigenvalue weighted by molar-refractivity contribution is 5.31. The molecule has 1 N–H and O–H groups in total. The van der Waals surface area contributed by atoms with E-state index in [9.17, 15) is 18.3 Å². The predicted molar refractivity (Wildman–Crippen MR) is 68.1 cm³/mol. The Morgan fingerprint density at radius 2 is 1.80 bits per heavy atom. The van der Waals surface area contributed by atoms with Crippen LogP contribution in [0.15, 0.2) is 48.5 Å². The van der Waals surface area contributed by atoms with E-state index < -0.39 is 18.5 Å². The molecule has 0 amide bonds. The lowest BCUT2D eigenvalue weighted by atomic mass is 10.0. The number of hydrogen-bond donors (Lipinski definition) is 1. The molecular formula is C15H13F3O2. The van der Waals surface area contributed by atoms with Crippen molar-refractivity contribution in [3.05, 3.63) is 65.5 Å². The van der Waals surface area contributed by atoms with Gasteiger partial charge in [0.05, 0.1) is 6.10 Å². The second-order valence-electron chi connectivity index (χ2n) is 4.26. The fourth-order valence-electron chi connectivity index (χ4n) is 1.89. The first-order valence-corrected chi connectivity index (χ1v) is 6.02. The van der Waals surface area contributed by atoms with E-state index in [0.29, 0.717) is 11.1 Å². The zero-order chi connectivity index (χ0) is 14.5. The third-order valence-electron chi connectivity index (χ3n) is 2.84. The molecule has 2 aromatic rings. The molecule has 0 fully saturated rings. The summed E-state index contributed by atoms with van der Waals surface area (Å²) in [5, 5.41) is 10.0. The molecule has 20 heavy (non-hydrogen) atoms. The summed E-state index contributed by atoms with van der Waals surface area (Å²) in [7, 11) is 0. The van der Waals surface area contributed by atoms with E-state index >= 15 is 0 Å². The lowest BCUT2D eigenvalue weighted by molar-refractivity contribution is -0.0499. The molecule has 0 radical (unpaired) electrons. The molecule has 0 heterocycles. The van der Waals surface area contributed by atoms with Crippen LogP contribution in [0.2, 0.25) is 0 Å². The van der Waals surface area contributed by atoms with Crippen molar-refractivity contribution in [3.8, 4) is 5.75 Å². The van der Waals surface area contributed by atoms with Crippen LogP contribution in [-0.4, -0.2) is 11.7 Å². The number of aliphatic hydroxyl groups is 1. The van der Waals surface area contributed by atoms with Gasteiger partial charge in [0.15, 0.2) is 0 Å². The first-order chi connectivity index (χ1) is 9.56. The number of aliphatic hydroxyl groups excluding tert-OH is 1. The van der Waals surface area contributed by atoms with Gasteiger partial charge in [0.25, 0.3) is 0 Å². The van der Waals surface area contributed by atoms with Crippen LogP contribution in [0.25, 0.3) is 0 Å². The van der Waals surface area contributed by atoms with Gasteiger partial charge in [-0.05, 0) is 29.3 Å². The summed E-state index contributed by atoms with van der Waals surface area (Å²) in [4.78, 5) is 0. The minimum atomic E-state index is -2.92. The Labute approximate surface area is 114 Å². The maximum atomic E-state index is 13.5. The molecule has 0 aliphatic rings. The van der Waals surface area contributed by atoms with Crippen LogP contribution < -0.4 is 4.74 Å². The highest BCUT2D eigenvalue weighted by atomic mass is 19.3. The molecule has 0 aliphatic carbocycles. The van der Waals surface area contributed by atoms with Gasteiger partial charge in [-0.1, -0.05) is 30.3 Å². The van der Waals surface area contributed by atoms with Gasteiger partial charge < -0.3 is 9.84 Å². The van der Waals surface area contributed by atoms with Crippen LogP contribution in [0.3, 0.4) is 0 Å². The van der Waals surface area contributed by atoms with Crippen LogP contribution in [0, 0.1) is 5.82 Å². The highest BCUT2D eigenvalue weighted by Crippen LogP contribution is 2.24. The normalized spacial score (nSPS) is 12.4. The second kappa shape index (κ2) is 6.43. The van der Waals surface area contributed by atoms with E-state index in [1.54, 1.807) is 24.3 Å². The van der Waals surface area contributed by atoms with Crippen LogP contribution >= 0.6 is 0 Å². The maximum Gasteiger partial charge on any atom is 0.387 e. The molecule has 0 spiro atoms. The minimum Gasteiger partial charge on any atom is -0.435 e. The zero-order valence-electron chi connectivity index (χ0n) is 10.5. The van der Waals surface area contributed by atoms with Crippen molar-refractivity contribution >= 4 is 0 Å². The van der Waals surface area contributed by atoms with E-state index in [2.05, 4.69) is 4.74 Å². The monoisotopic (exact) mass is 282 g/mol. The molecule has 1 atom stereocenters. The standard InChI is InChI=1S/C15H13F3O2/c16-13-7-2-1-4-10(13)9-14(19)11-5-3-6-12(8-11)20-15(17)18/h1-8,14-15,19H,9H2. The zero-order valence-corrected chi connectivity index (χ0v) is 10.5. The SMILES string of the molecule is OC(Cc1ccccc1F)c1cccc(OC(F)F)c1. The Morgan fingerprint density at radius 3 is 2.50 bits per heavy atom. The average molecular weight is 282 g/mol. The van der Waals surface area contributed by atoms with Crippen molar-refractivity contribution in [2.45, 2.75) is 19.1 Å². The summed E-state index contributed by atoms with van der Waals surface area (Å²) >= 11 is 0. The fraction of sp³-hybridized carbons (Fsp3) is 0.200. The third kappa shape index (κ3) is 3.74. The number of hydrogen-bond acceptors (Lipinski definition) is 2. The summed E-state index contributed by atoms with van der Waals surface area (Å²) in [6, 6.07) is 11.9. The van der Waals surface area contributed by atoms with Crippen molar-refractivity contribution < 1.29 is 23.0 Å². The molecular weight excluding hydrogens is 269 g/mol. The van der Waals surface area contributed by atoms with E-state index in [1.807, 2.05) is 0 Å². The molecule has 106 valence electrons. The fourth-order valence-corrected chi connectivity index (χ4v) is 1.89. The van der Waals surface area contributed by atoms with Gasteiger partial charge in [0.2, 0.25) is 0 Å². The van der Waals surface area contributed by atoms with Crippen molar-refractivity contribution in [2.75, 3.05) is 0 Å². The van der Waals surface area contributed by atoms with Gasteiger partial charge >= 0.3 is 6.61 Å². The lowest BCUT2D eigenvalue weighted by Crippen LogP contribution is -2.05. The first kappa shape index (κ1) is 14.4. The van der Waals surface area contributed by atoms with Crippen molar-refractivity contribution in [3.63, 3.8) is 0 Å². The minimum absolute atomic E-state index is 0.0370. The largest absolute Gasteiger partial charge is 0.435 e. The van der Waals surface area contributed by atoms with Crippen molar-refractivity contribution in [1.29, 1.82) is 0 Å². The molecule has 0 saturated carbocycles. The molecule has 1 unspecified atom stereocenters. The lowest BCUT2D eigenvalue weighted by Gasteiger charge is -2.13. The van der Waals surface area contributed by atoms with Gasteiger partial charge in [-0.3, -0.25) is 0 Å². The Bertz CT molecular complexity index is 573. The molecule has 2 rings (SSSR count). The summed E-state index contributed by atoms with van der Waals surface area (Å²) in [5.74, 6) is -0.448. The van der Waals surface area contributed by atoms with E-state index in [-0.39, 0.29) is 12.2 Å². The van der Waals surface area contributed by atoms with Gasteiger partial charge in [-0.2, -0.15) is 8.78 Å². The Balaban J connectivity index is 2.13. The summed E-state index contributed by atoms with van der Waals surface area (Å²) in [5.41, 5.74) is 0.756. The van der Waals surface area contributed by atoms with E-state index in [1.165, 1.54) is 24.3 Å². The molecule has 0 aliphatic heterocycles. The Hall–Kier alpha value is -2.01. The molecule has 2 nitrogen and oxygen atoms in total. The van der Waals surface area contributed by atoms with Crippen molar-refractivity contribution in [1.82, 2.24) is 0 Å². The van der Waals surface area contributed by atoms with Crippen LogP contribution in [0.4, 0.5) is 13.2 Å². The topological polar surface area (TPSA) is 29.5 Å². The second-order valence-corrected chi connectivity index (χ2v) is 4.26. The van der Waals surface area contributed by atoms with Crippen LogP contribution in [0.1, 0.15) is 17.2 Å². The number of halogens is 3. The molecule has 5 heteroatoms. The third-order valence-corrected chi connectivity index (χ3v) is 2.84. The number of ether oxygens (including phenoxy) is 1. The predicted octanol–water partition coefficient (Wildman–Crippen LogP) is 3.70. The molecule has 0 bridgehead atoms. The van der Waals surface area contributed by atoms with Gasteiger partial charge in [0.1, 0.15) is 11.6 Å². The summed E-state index contributed by atoms with van der Waals surface area (Å²) in [6.07, 6.45) is -0.932.